The maximum Gasteiger partial charge on any atom is 0.416 e. The van der Waals surface area contributed by atoms with E-state index in [2.05, 4.69) is 15.0 Å². The highest BCUT2D eigenvalue weighted by atomic mass is 19.4. The number of nitrogens with two attached hydrogens (primary N) is 1. The third-order valence-electron chi connectivity index (χ3n) is 5.58. The number of amides is 1. The fraction of sp³-hybridized carbons (Fsp3) is 0.261. The van der Waals surface area contributed by atoms with Crippen molar-refractivity contribution in [3.63, 3.8) is 0 Å². The first-order chi connectivity index (χ1) is 16.1. The zero-order valence-corrected chi connectivity index (χ0v) is 18.4. The minimum absolute atomic E-state index is 0.0399. The second kappa shape index (κ2) is 8.82. The lowest BCUT2D eigenvalue weighted by atomic mass is 10.1. The van der Waals surface area contributed by atoms with E-state index in [9.17, 15) is 22.8 Å². The number of methoxy groups -OCH3 is 1. The van der Waals surface area contributed by atoms with Crippen molar-refractivity contribution in [3.05, 3.63) is 57.9 Å². The summed E-state index contributed by atoms with van der Waals surface area (Å²) in [6.07, 6.45) is -4.54. The Bertz CT molecular complexity index is 1440. The van der Waals surface area contributed by atoms with E-state index < -0.39 is 17.3 Å². The molecule has 8 nitrogen and oxygen atoms in total. The molecule has 0 spiro atoms. The number of nitrogen functional groups attached to an aromatic ring is 1. The summed E-state index contributed by atoms with van der Waals surface area (Å²) < 4.78 is 44.0. The molecule has 0 radical (unpaired) electrons. The van der Waals surface area contributed by atoms with E-state index in [-0.39, 0.29) is 34.0 Å². The summed E-state index contributed by atoms with van der Waals surface area (Å²) >= 11 is 0. The van der Waals surface area contributed by atoms with Gasteiger partial charge in [-0.15, -0.1) is 0 Å². The van der Waals surface area contributed by atoms with Crippen LogP contribution in [0.1, 0.15) is 22.8 Å². The summed E-state index contributed by atoms with van der Waals surface area (Å²) in [5.41, 5.74) is 6.21. The summed E-state index contributed by atoms with van der Waals surface area (Å²) in [5.74, 6) is -0.189. The number of likely N-dealkylation sites (N-methyl/N-ethyl adjacent to an activating group) is 1. The number of nitrogens with one attached hydrogen (secondary N) is 2. The minimum Gasteiger partial charge on any atom is -0.396 e. The molecule has 4 aromatic rings. The first-order valence-electron chi connectivity index (χ1n) is 10.4. The normalized spacial score (nSPS) is 11.9. The predicted octanol–water partition coefficient (Wildman–Crippen LogP) is 3.78. The molecule has 0 bridgehead atoms. The van der Waals surface area contributed by atoms with Crippen LogP contribution in [0, 0.1) is 0 Å². The van der Waals surface area contributed by atoms with E-state index in [4.69, 9.17) is 10.5 Å². The van der Waals surface area contributed by atoms with Gasteiger partial charge in [-0.05, 0) is 43.3 Å². The second-order valence-corrected chi connectivity index (χ2v) is 7.70. The largest absolute Gasteiger partial charge is 0.416 e. The molecule has 34 heavy (non-hydrogen) atoms. The smallest absolute Gasteiger partial charge is 0.396 e. The van der Waals surface area contributed by atoms with Gasteiger partial charge in [0.05, 0.1) is 34.6 Å². The number of fused-ring (bicyclic) bond motifs is 2. The van der Waals surface area contributed by atoms with Gasteiger partial charge in [-0.25, -0.2) is 4.98 Å². The van der Waals surface area contributed by atoms with Crippen LogP contribution in [-0.2, 0) is 10.9 Å². The van der Waals surface area contributed by atoms with Crippen LogP contribution in [0.3, 0.4) is 0 Å². The number of carbonyl (C=O) groups is 1. The highest BCUT2D eigenvalue weighted by Crippen LogP contribution is 2.33. The van der Waals surface area contributed by atoms with Gasteiger partial charge in [0, 0.05) is 36.7 Å². The van der Waals surface area contributed by atoms with Gasteiger partial charge in [-0.3, -0.25) is 9.59 Å². The Balaban J connectivity index is 1.76. The third-order valence-corrected chi connectivity index (χ3v) is 5.58. The predicted molar refractivity (Wildman–Crippen MR) is 123 cm³/mol. The number of carbonyl (C=O) groups excluding carboxylic acids is 1. The van der Waals surface area contributed by atoms with Crippen molar-refractivity contribution < 1.29 is 22.7 Å². The van der Waals surface area contributed by atoms with E-state index in [1.807, 2.05) is 6.92 Å². The summed E-state index contributed by atoms with van der Waals surface area (Å²) in [6.45, 7) is 3.20. The summed E-state index contributed by atoms with van der Waals surface area (Å²) in [6, 6.07) is 7.88. The number of aromatic amines is 2. The number of halogens is 3. The lowest BCUT2D eigenvalue weighted by molar-refractivity contribution is -0.137. The van der Waals surface area contributed by atoms with Crippen LogP contribution in [0.4, 0.5) is 18.9 Å². The van der Waals surface area contributed by atoms with Crippen molar-refractivity contribution in [1.29, 1.82) is 0 Å². The fourth-order valence-corrected chi connectivity index (χ4v) is 3.75. The molecular formula is C23H22F3N5O3. The average Bonchev–Trinajstić information content (AvgIpc) is 3.13. The first kappa shape index (κ1) is 23.3. The molecule has 2 heterocycles. The Hall–Kier alpha value is -3.86. The van der Waals surface area contributed by atoms with Crippen LogP contribution in [0.15, 0.2) is 41.2 Å². The highest BCUT2D eigenvalue weighted by molar-refractivity contribution is 6.04. The molecule has 0 saturated heterocycles. The number of ether oxygens (including phenoxy) is 1. The molecule has 0 unspecified atom stereocenters. The molecule has 1 amide bonds. The Morgan fingerprint density at radius 3 is 2.59 bits per heavy atom. The lowest BCUT2D eigenvalue weighted by Crippen LogP contribution is -2.33. The van der Waals surface area contributed by atoms with Crippen LogP contribution in [0.2, 0.25) is 0 Å². The molecule has 2 aromatic carbocycles. The molecular weight excluding hydrogens is 451 g/mol. The van der Waals surface area contributed by atoms with Crippen LogP contribution in [0.5, 0.6) is 0 Å². The average molecular weight is 473 g/mol. The Morgan fingerprint density at radius 1 is 1.15 bits per heavy atom. The highest BCUT2D eigenvalue weighted by Gasteiger charge is 2.30. The molecule has 2 aromatic heterocycles. The van der Waals surface area contributed by atoms with Gasteiger partial charge < -0.3 is 25.3 Å². The molecule has 178 valence electrons. The van der Waals surface area contributed by atoms with Crippen LogP contribution < -0.4 is 11.3 Å². The zero-order chi connectivity index (χ0) is 24.6. The quantitative estimate of drug-likeness (QED) is 0.394. The van der Waals surface area contributed by atoms with Crippen molar-refractivity contribution in [2.24, 2.45) is 0 Å². The SMILES string of the molecule is CCN(CCOC)C(=O)c1ccc2[nH]c(-c3nc4ccc(C(F)(F)F)cc4[nH]c3=O)c(N)c2c1. The van der Waals surface area contributed by atoms with Gasteiger partial charge in [-0.2, -0.15) is 13.2 Å². The molecule has 4 rings (SSSR count). The van der Waals surface area contributed by atoms with Crippen molar-refractivity contribution in [3.8, 4) is 11.4 Å². The Kier molecular flexibility index (Phi) is 6.05. The number of anilines is 1. The number of rotatable bonds is 6. The number of alkyl halides is 3. The summed E-state index contributed by atoms with van der Waals surface area (Å²) in [7, 11) is 1.56. The molecule has 0 aliphatic rings. The van der Waals surface area contributed by atoms with Crippen LogP contribution in [-0.4, -0.2) is 52.6 Å². The van der Waals surface area contributed by atoms with Gasteiger partial charge in [0.25, 0.3) is 11.5 Å². The molecule has 0 fully saturated rings. The number of hydrogen-bond acceptors (Lipinski definition) is 5. The van der Waals surface area contributed by atoms with E-state index in [0.29, 0.717) is 36.2 Å². The zero-order valence-electron chi connectivity index (χ0n) is 18.4. The van der Waals surface area contributed by atoms with Gasteiger partial charge in [-0.1, -0.05) is 0 Å². The Morgan fingerprint density at radius 2 is 1.91 bits per heavy atom. The molecule has 0 saturated carbocycles. The monoisotopic (exact) mass is 473 g/mol. The number of benzene rings is 2. The van der Waals surface area contributed by atoms with Crippen LogP contribution >= 0.6 is 0 Å². The van der Waals surface area contributed by atoms with E-state index in [1.165, 1.54) is 6.07 Å². The van der Waals surface area contributed by atoms with Crippen molar-refractivity contribution >= 4 is 33.5 Å². The number of H-pyrrole nitrogens is 2. The van der Waals surface area contributed by atoms with E-state index in [0.717, 1.165) is 12.1 Å². The number of nitrogens with zero attached hydrogens (tertiary/aromatic N) is 2. The van der Waals surface area contributed by atoms with Gasteiger partial charge in [0.15, 0.2) is 5.69 Å². The lowest BCUT2D eigenvalue weighted by Gasteiger charge is -2.20. The third kappa shape index (κ3) is 4.21. The molecule has 0 aliphatic carbocycles. The maximum atomic E-state index is 13.0. The van der Waals surface area contributed by atoms with Crippen LogP contribution in [0.25, 0.3) is 33.3 Å². The van der Waals surface area contributed by atoms with E-state index in [1.54, 1.807) is 30.2 Å². The first-order valence-corrected chi connectivity index (χ1v) is 10.4. The Labute approximate surface area is 191 Å². The molecule has 0 aliphatic heterocycles. The summed E-state index contributed by atoms with van der Waals surface area (Å²) in [4.78, 5) is 36.9. The maximum absolute atomic E-state index is 13.0. The molecule has 11 heteroatoms. The van der Waals surface area contributed by atoms with Gasteiger partial charge in [0.2, 0.25) is 0 Å². The standard InChI is InChI=1S/C23H22F3N5O3/c1-3-31(8-9-34-2)22(33)12-4-6-15-14(10-12)18(27)19(28-15)20-21(32)30-17-11-13(23(24,25)26)5-7-16(17)29-20/h4-7,10-11,28H,3,8-9,27H2,1-2H3,(H,30,32). The molecule has 0 atom stereocenters. The second-order valence-electron chi connectivity index (χ2n) is 7.70. The number of aromatic nitrogens is 3. The van der Waals surface area contributed by atoms with Gasteiger partial charge >= 0.3 is 6.18 Å². The van der Waals surface area contributed by atoms with Crippen molar-refractivity contribution in [2.45, 2.75) is 13.1 Å². The van der Waals surface area contributed by atoms with Crippen molar-refractivity contribution in [2.75, 3.05) is 32.5 Å². The fourth-order valence-electron chi connectivity index (χ4n) is 3.75. The van der Waals surface area contributed by atoms with E-state index >= 15 is 0 Å². The minimum atomic E-state index is -4.54. The number of hydrogen-bond donors (Lipinski definition) is 3. The molecule has 4 N–H and O–H groups in total. The van der Waals surface area contributed by atoms with Crippen molar-refractivity contribution in [1.82, 2.24) is 19.9 Å². The van der Waals surface area contributed by atoms with Gasteiger partial charge in [0.1, 0.15) is 0 Å². The summed E-state index contributed by atoms with van der Waals surface area (Å²) in [5, 5.41) is 0.525. The topological polar surface area (TPSA) is 117 Å².